The molecule has 3 nitrogen and oxygen atoms in total. The molecule has 1 aromatic heterocycles. The van der Waals surface area contributed by atoms with Crippen molar-refractivity contribution in [2.24, 2.45) is 5.92 Å². The molecule has 1 aromatic carbocycles. The predicted octanol–water partition coefficient (Wildman–Crippen LogP) is 5.58. The van der Waals surface area contributed by atoms with Crippen LogP contribution in [0.3, 0.4) is 0 Å². The van der Waals surface area contributed by atoms with E-state index in [2.05, 4.69) is 35.8 Å². The molecule has 3 aliphatic carbocycles. The van der Waals surface area contributed by atoms with E-state index in [-0.39, 0.29) is 11.0 Å². The summed E-state index contributed by atoms with van der Waals surface area (Å²) < 4.78 is 2.07. The molecule has 0 saturated heterocycles. The van der Waals surface area contributed by atoms with Crippen LogP contribution in [0.4, 0.5) is 0 Å². The number of benzene rings is 1. The molecule has 3 aliphatic rings. The number of fused-ring (bicyclic) bond motifs is 4. The highest BCUT2D eigenvalue weighted by atomic mass is 32.2. The minimum atomic E-state index is 0.0145. The molecule has 0 unspecified atom stereocenters. The number of nitrogens with zero attached hydrogens (tertiary/aromatic N) is 2. The molecule has 148 valence electrons. The fourth-order valence-corrected chi connectivity index (χ4v) is 6.62. The fraction of sp³-hybridized carbons (Fsp3) is 0.583. The Morgan fingerprint density at radius 2 is 1.89 bits per heavy atom. The first-order chi connectivity index (χ1) is 13.7. The van der Waals surface area contributed by atoms with Crippen LogP contribution in [0.5, 0.6) is 0 Å². The van der Waals surface area contributed by atoms with Gasteiger partial charge in [0.25, 0.3) is 5.56 Å². The predicted molar refractivity (Wildman–Crippen MR) is 116 cm³/mol. The van der Waals surface area contributed by atoms with Crippen molar-refractivity contribution in [3.05, 3.63) is 45.7 Å². The van der Waals surface area contributed by atoms with Crippen LogP contribution in [0.25, 0.3) is 11.3 Å². The molecule has 2 fully saturated rings. The molecule has 0 atom stereocenters. The topological polar surface area (TPSA) is 34.9 Å². The minimum absolute atomic E-state index is 0.0145. The SMILES string of the molecule is CCSc1nc2c(c(=O)n1CC1CCCC1)C1(CCCC1)Cc1ccccc1-2. The van der Waals surface area contributed by atoms with Crippen molar-refractivity contribution in [1.29, 1.82) is 0 Å². The zero-order chi connectivity index (χ0) is 19.1. The molecule has 0 radical (unpaired) electrons. The highest BCUT2D eigenvalue weighted by Crippen LogP contribution is 2.50. The van der Waals surface area contributed by atoms with Crippen molar-refractivity contribution in [1.82, 2.24) is 9.55 Å². The van der Waals surface area contributed by atoms with Crippen molar-refractivity contribution < 1.29 is 0 Å². The molecule has 2 aromatic rings. The molecule has 28 heavy (non-hydrogen) atoms. The Morgan fingerprint density at radius 1 is 1.14 bits per heavy atom. The van der Waals surface area contributed by atoms with Crippen molar-refractivity contribution >= 4 is 11.8 Å². The van der Waals surface area contributed by atoms with Gasteiger partial charge in [-0.1, -0.05) is 68.6 Å². The normalized spacial score (nSPS) is 20.5. The van der Waals surface area contributed by atoms with E-state index in [0.29, 0.717) is 5.92 Å². The summed E-state index contributed by atoms with van der Waals surface area (Å²) in [7, 11) is 0. The first-order valence-corrected chi connectivity index (χ1v) is 12.1. The van der Waals surface area contributed by atoms with Gasteiger partial charge >= 0.3 is 0 Å². The van der Waals surface area contributed by atoms with E-state index in [4.69, 9.17) is 4.98 Å². The number of hydrogen-bond acceptors (Lipinski definition) is 3. The summed E-state index contributed by atoms with van der Waals surface area (Å²) >= 11 is 1.73. The van der Waals surface area contributed by atoms with E-state index in [0.717, 1.165) is 48.0 Å². The Hall–Kier alpha value is -1.55. The van der Waals surface area contributed by atoms with Gasteiger partial charge in [-0.3, -0.25) is 9.36 Å². The molecule has 1 heterocycles. The summed E-state index contributed by atoms with van der Waals surface area (Å²) in [5.74, 6) is 1.59. The van der Waals surface area contributed by atoms with Crippen LogP contribution in [0.2, 0.25) is 0 Å². The number of aromatic nitrogens is 2. The highest BCUT2D eigenvalue weighted by molar-refractivity contribution is 7.99. The van der Waals surface area contributed by atoms with Gasteiger partial charge in [-0.25, -0.2) is 4.98 Å². The molecule has 4 heteroatoms. The van der Waals surface area contributed by atoms with Crippen LogP contribution >= 0.6 is 11.8 Å². The third-order valence-electron chi connectivity index (χ3n) is 7.22. The van der Waals surface area contributed by atoms with Gasteiger partial charge < -0.3 is 0 Å². The van der Waals surface area contributed by atoms with Crippen LogP contribution in [-0.4, -0.2) is 15.3 Å². The number of hydrogen-bond donors (Lipinski definition) is 0. The van der Waals surface area contributed by atoms with Gasteiger partial charge in [0.05, 0.1) is 11.3 Å². The Morgan fingerprint density at radius 3 is 2.64 bits per heavy atom. The molecular formula is C24H30N2OS. The largest absolute Gasteiger partial charge is 0.287 e. The maximum Gasteiger partial charge on any atom is 0.258 e. The lowest BCUT2D eigenvalue weighted by Gasteiger charge is -2.36. The van der Waals surface area contributed by atoms with Gasteiger partial charge in [0.15, 0.2) is 5.16 Å². The maximum absolute atomic E-state index is 14.0. The van der Waals surface area contributed by atoms with Crippen LogP contribution in [0.15, 0.2) is 34.2 Å². The van der Waals surface area contributed by atoms with Crippen LogP contribution in [0.1, 0.15) is 69.4 Å². The summed E-state index contributed by atoms with van der Waals surface area (Å²) in [4.78, 5) is 19.2. The summed E-state index contributed by atoms with van der Waals surface area (Å²) in [6.45, 7) is 3.02. The zero-order valence-electron chi connectivity index (χ0n) is 16.9. The van der Waals surface area contributed by atoms with Gasteiger partial charge in [0.2, 0.25) is 0 Å². The zero-order valence-corrected chi connectivity index (χ0v) is 17.7. The van der Waals surface area contributed by atoms with E-state index in [9.17, 15) is 4.79 Å². The van der Waals surface area contributed by atoms with E-state index in [1.165, 1.54) is 49.7 Å². The average Bonchev–Trinajstić information content (AvgIpc) is 3.37. The van der Waals surface area contributed by atoms with Gasteiger partial charge in [0, 0.05) is 17.5 Å². The average molecular weight is 395 g/mol. The van der Waals surface area contributed by atoms with Crippen molar-refractivity contribution in [2.75, 3.05) is 5.75 Å². The lowest BCUT2D eigenvalue weighted by atomic mass is 9.68. The quantitative estimate of drug-likeness (QED) is 0.501. The number of rotatable bonds is 4. The van der Waals surface area contributed by atoms with Crippen molar-refractivity contribution in [3.63, 3.8) is 0 Å². The Bertz CT molecular complexity index is 936. The van der Waals surface area contributed by atoms with Gasteiger partial charge in [-0.15, -0.1) is 0 Å². The fourth-order valence-electron chi connectivity index (χ4n) is 5.90. The van der Waals surface area contributed by atoms with Crippen LogP contribution in [-0.2, 0) is 18.4 Å². The third-order valence-corrected chi connectivity index (χ3v) is 8.07. The van der Waals surface area contributed by atoms with Gasteiger partial charge in [0.1, 0.15) is 0 Å². The smallest absolute Gasteiger partial charge is 0.258 e. The Labute approximate surface area is 172 Å². The molecular weight excluding hydrogens is 364 g/mol. The monoisotopic (exact) mass is 394 g/mol. The molecule has 2 saturated carbocycles. The second-order valence-electron chi connectivity index (χ2n) is 8.94. The summed E-state index contributed by atoms with van der Waals surface area (Å²) in [5, 5.41) is 0.933. The molecule has 0 bridgehead atoms. The van der Waals surface area contributed by atoms with E-state index in [1.807, 2.05) is 0 Å². The minimum Gasteiger partial charge on any atom is -0.287 e. The van der Waals surface area contributed by atoms with Gasteiger partial charge in [-0.2, -0.15) is 0 Å². The summed E-state index contributed by atoms with van der Waals surface area (Å²) in [6.07, 6.45) is 10.9. The molecule has 0 amide bonds. The number of thioether (sulfide) groups is 1. The lowest BCUT2D eigenvalue weighted by Crippen LogP contribution is -2.41. The van der Waals surface area contributed by atoms with Crippen molar-refractivity contribution in [2.45, 2.75) is 81.8 Å². The summed E-state index contributed by atoms with van der Waals surface area (Å²) in [5.41, 5.74) is 4.89. The molecule has 1 spiro atoms. The second kappa shape index (κ2) is 7.37. The molecule has 5 rings (SSSR count). The summed E-state index contributed by atoms with van der Waals surface area (Å²) in [6, 6.07) is 8.64. The first-order valence-electron chi connectivity index (χ1n) is 11.1. The second-order valence-corrected chi connectivity index (χ2v) is 10.2. The Kier molecular flexibility index (Phi) is 4.86. The van der Waals surface area contributed by atoms with Gasteiger partial charge in [-0.05, 0) is 49.3 Å². The molecule has 0 N–H and O–H groups in total. The van der Waals surface area contributed by atoms with E-state index in [1.54, 1.807) is 11.8 Å². The van der Waals surface area contributed by atoms with Crippen LogP contribution in [0, 0.1) is 5.92 Å². The van der Waals surface area contributed by atoms with Crippen molar-refractivity contribution in [3.8, 4) is 11.3 Å². The molecule has 0 aliphatic heterocycles. The maximum atomic E-state index is 14.0. The van der Waals surface area contributed by atoms with E-state index < -0.39 is 0 Å². The first kappa shape index (κ1) is 18.5. The Balaban J connectivity index is 1.73. The third kappa shape index (κ3) is 2.96. The lowest BCUT2D eigenvalue weighted by molar-refractivity contribution is 0.389. The highest BCUT2D eigenvalue weighted by Gasteiger charge is 2.44. The van der Waals surface area contributed by atoms with Crippen LogP contribution < -0.4 is 5.56 Å². The van der Waals surface area contributed by atoms with E-state index >= 15 is 0 Å². The standard InChI is InChI=1S/C24H30N2OS/c1-2-28-23-25-21-19-12-6-5-11-18(19)15-24(13-7-8-14-24)20(21)22(27)26(23)16-17-9-3-4-10-17/h5-6,11-12,17H,2-4,7-10,13-16H2,1H3.